The van der Waals surface area contributed by atoms with Gasteiger partial charge < -0.3 is 15.0 Å². The molecule has 3 nitrogen and oxygen atoms in total. The quantitative estimate of drug-likeness (QED) is 0.858. The Labute approximate surface area is 130 Å². The van der Waals surface area contributed by atoms with Crippen LogP contribution in [0.2, 0.25) is 0 Å². The first-order valence-electron chi connectivity index (χ1n) is 7.47. The monoisotopic (exact) mass is 340 g/mol. The molecular weight excluding hydrogens is 316 g/mol. The van der Waals surface area contributed by atoms with Crippen molar-refractivity contribution in [1.29, 1.82) is 0 Å². The van der Waals surface area contributed by atoms with Crippen LogP contribution in [-0.4, -0.2) is 33.4 Å². The van der Waals surface area contributed by atoms with E-state index in [4.69, 9.17) is 4.74 Å². The molecule has 1 aromatic carbocycles. The van der Waals surface area contributed by atoms with Gasteiger partial charge in [0.1, 0.15) is 0 Å². The van der Waals surface area contributed by atoms with Crippen LogP contribution in [0.5, 0.6) is 0 Å². The van der Waals surface area contributed by atoms with E-state index in [1.807, 2.05) is 0 Å². The maximum Gasteiger partial charge on any atom is 0.0491 e. The number of rotatable bonds is 6. The van der Waals surface area contributed by atoms with Crippen LogP contribution in [-0.2, 0) is 11.3 Å². The summed E-state index contributed by atoms with van der Waals surface area (Å²) in [5.41, 5.74) is 2.76. The molecule has 4 heteroatoms. The molecule has 0 unspecified atom stereocenters. The molecule has 0 amide bonds. The molecule has 0 spiro atoms. The van der Waals surface area contributed by atoms with Crippen molar-refractivity contribution in [1.82, 2.24) is 5.32 Å². The fourth-order valence-corrected chi connectivity index (χ4v) is 3.17. The van der Waals surface area contributed by atoms with E-state index in [9.17, 15) is 0 Å². The second-order valence-electron chi connectivity index (χ2n) is 5.44. The molecule has 1 aliphatic rings. The van der Waals surface area contributed by atoms with E-state index < -0.39 is 0 Å². The van der Waals surface area contributed by atoms with Gasteiger partial charge in [-0.15, -0.1) is 0 Å². The van der Waals surface area contributed by atoms with Crippen molar-refractivity contribution >= 4 is 21.6 Å². The van der Waals surface area contributed by atoms with E-state index in [-0.39, 0.29) is 0 Å². The van der Waals surface area contributed by atoms with Crippen molar-refractivity contribution in [3.8, 4) is 0 Å². The van der Waals surface area contributed by atoms with Gasteiger partial charge in [-0.05, 0) is 43.0 Å². The van der Waals surface area contributed by atoms with Crippen LogP contribution in [0.15, 0.2) is 22.7 Å². The molecule has 0 aromatic heterocycles. The minimum absolute atomic E-state index is 0.723. The van der Waals surface area contributed by atoms with Gasteiger partial charge in [0.15, 0.2) is 0 Å². The molecule has 0 radical (unpaired) electrons. The summed E-state index contributed by atoms with van der Waals surface area (Å²) in [4.78, 5) is 2.52. The third kappa shape index (κ3) is 4.21. The van der Waals surface area contributed by atoms with Crippen LogP contribution in [0, 0.1) is 5.92 Å². The topological polar surface area (TPSA) is 24.5 Å². The molecule has 0 atom stereocenters. The Bertz CT molecular complexity index is 417. The molecule has 20 heavy (non-hydrogen) atoms. The molecule has 1 aromatic rings. The van der Waals surface area contributed by atoms with E-state index >= 15 is 0 Å². The summed E-state index contributed by atoms with van der Waals surface area (Å²) in [7, 11) is 1.80. The van der Waals surface area contributed by atoms with E-state index in [1.54, 1.807) is 7.11 Å². The van der Waals surface area contributed by atoms with Crippen LogP contribution in [0.3, 0.4) is 0 Å². The Morgan fingerprint density at radius 2 is 2.10 bits per heavy atom. The molecule has 0 saturated carbocycles. The van der Waals surface area contributed by atoms with Crippen molar-refractivity contribution in [2.75, 3.05) is 38.3 Å². The number of piperidine rings is 1. The van der Waals surface area contributed by atoms with Gasteiger partial charge in [-0.3, -0.25) is 0 Å². The third-order valence-electron chi connectivity index (χ3n) is 3.97. The van der Waals surface area contributed by atoms with E-state index in [0.717, 1.165) is 43.2 Å². The van der Waals surface area contributed by atoms with Gasteiger partial charge in [0, 0.05) is 43.5 Å². The summed E-state index contributed by atoms with van der Waals surface area (Å²) >= 11 is 3.60. The highest BCUT2D eigenvalue weighted by Crippen LogP contribution is 2.29. The van der Waals surface area contributed by atoms with Crippen LogP contribution >= 0.6 is 15.9 Å². The summed E-state index contributed by atoms with van der Waals surface area (Å²) in [6, 6.07) is 6.61. The first-order chi connectivity index (χ1) is 9.74. The van der Waals surface area contributed by atoms with E-state index in [0.29, 0.717) is 0 Å². The lowest BCUT2D eigenvalue weighted by Crippen LogP contribution is -2.35. The number of ether oxygens (including phenoxy) is 1. The number of nitrogens with zero attached hydrogens (tertiary/aromatic N) is 1. The molecule has 1 N–H and O–H groups in total. The average molecular weight is 341 g/mol. The normalized spacial score (nSPS) is 16.6. The predicted molar refractivity (Wildman–Crippen MR) is 88.3 cm³/mol. The highest BCUT2D eigenvalue weighted by atomic mass is 79.9. The van der Waals surface area contributed by atoms with Crippen molar-refractivity contribution < 1.29 is 4.74 Å². The van der Waals surface area contributed by atoms with Crippen molar-refractivity contribution in [2.24, 2.45) is 5.92 Å². The van der Waals surface area contributed by atoms with Gasteiger partial charge in [0.2, 0.25) is 0 Å². The Morgan fingerprint density at radius 3 is 2.75 bits per heavy atom. The lowest BCUT2D eigenvalue weighted by Gasteiger charge is -2.34. The van der Waals surface area contributed by atoms with Crippen molar-refractivity contribution in [3.63, 3.8) is 0 Å². The largest absolute Gasteiger partial charge is 0.384 e. The zero-order valence-electron chi connectivity index (χ0n) is 12.5. The summed E-state index contributed by atoms with van der Waals surface area (Å²) in [5.74, 6) is 0.723. The number of hydrogen-bond acceptors (Lipinski definition) is 3. The zero-order chi connectivity index (χ0) is 14.4. The van der Waals surface area contributed by atoms with Crippen molar-refractivity contribution in [3.05, 3.63) is 28.2 Å². The van der Waals surface area contributed by atoms with Crippen LogP contribution in [0.1, 0.15) is 25.3 Å². The maximum absolute atomic E-state index is 5.28. The molecule has 1 heterocycles. The van der Waals surface area contributed by atoms with E-state index in [1.165, 1.54) is 24.1 Å². The minimum atomic E-state index is 0.723. The fourth-order valence-electron chi connectivity index (χ4n) is 2.82. The molecule has 1 aliphatic heterocycles. The van der Waals surface area contributed by atoms with E-state index in [2.05, 4.69) is 51.3 Å². The second-order valence-corrected chi connectivity index (χ2v) is 6.35. The summed E-state index contributed by atoms with van der Waals surface area (Å²) < 4.78 is 6.44. The lowest BCUT2D eigenvalue weighted by atomic mass is 9.96. The number of hydrogen-bond donors (Lipinski definition) is 1. The number of nitrogens with one attached hydrogen (secondary N) is 1. The van der Waals surface area contributed by atoms with Gasteiger partial charge in [-0.25, -0.2) is 0 Å². The molecule has 1 fully saturated rings. The van der Waals surface area contributed by atoms with Gasteiger partial charge in [-0.2, -0.15) is 0 Å². The smallest absolute Gasteiger partial charge is 0.0491 e. The number of anilines is 1. The maximum atomic E-state index is 5.28. The first kappa shape index (κ1) is 15.8. The Kier molecular flexibility index (Phi) is 6.33. The Hall–Kier alpha value is -0.580. The van der Waals surface area contributed by atoms with Gasteiger partial charge in [0.05, 0.1) is 0 Å². The number of benzene rings is 1. The molecule has 0 bridgehead atoms. The summed E-state index contributed by atoms with van der Waals surface area (Å²) in [6.07, 6.45) is 2.45. The molecule has 1 saturated heterocycles. The molecule has 0 aliphatic carbocycles. The van der Waals surface area contributed by atoms with Gasteiger partial charge in [-0.1, -0.05) is 28.9 Å². The van der Waals surface area contributed by atoms with Gasteiger partial charge >= 0.3 is 0 Å². The Balaban J connectivity index is 2.05. The highest BCUT2D eigenvalue weighted by molar-refractivity contribution is 9.10. The predicted octanol–water partition coefficient (Wildman–Crippen LogP) is 3.42. The standard InChI is InChI=1S/C16H25BrN2O/c1-3-18-11-14-4-5-15(17)10-16(14)19-8-6-13(7-9-19)12-20-2/h4-5,10,13,18H,3,6-9,11-12H2,1-2H3. The Morgan fingerprint density at radius 1 is 1.35 bits per heavy atom. The zero-order valence-corrected chi connectivity index (χ0v) is 14.1. The summed E-state index contributed by atoms with van der Waals surface area (Å²) in [5, 5.41) is 3.43. The van der Waals surface area contributed by atoms with Crippen LogP contribution < -0.4 is 10.2 Å². The average Bonchev–Trinajstić information content (AvgIpc) is 2.47. The number of methoxy groups -OCH3 is 1. The fraction of sp³-hybridized carbons (Fsp3) is 0.625. The van der Waals surface area contributed by atoms with Crippen LogP contribution in [0.25, 0.3) is 0 Å². The molecule has 112 valence electrons. The van der Waals surface area contributed by atoms with Crippen molar-refractivity contribution in [2.45, 2.75) is 26.3 Å². The first-order valence-corrected chi connectivity index (χ1v) is 8.27. The molecular formula is C16H25BrN2O. The lowest BCUT2D eigenvalue weighted by molar-refractivity contribution is 0.139. The summed E-state index contributed by atoms with van der Waals surface area (Å²) in [6.45, 7) is 7.25. The third-order valence-corrected chi connectivity index (χ3v) is 4.46. The van der Waals surface area contributed by atoms with Gasteiger partial charge in [0.25, 0.3) is 0 Å². The van der Waals surface area contributed by atoms with Crippen LogP contribution in [0.4, 0.5) is 5.69 Å². The minimum Gasteiger partial charge on any atom is -0.384 e. The number of halogens is 1. The highest BCUT2D eigenvalue weighted by Gasteiger charge is 2.21. The SMILES string of the molecule is CCNCc1ccc(Br)cc1N1CCC(COC)CC1. The molecule has 2 rings (SSSR count). The second kappa shape index (κ2) is 8.01.